The maximum Gasteiger partial charge on any atom is 0.325 e. The first-order valence-corrected chi connectivity index (χ1v) is 10.2. The molecule has 2 aromatic carbocycles. The van der Waals surface area contributed by atoms with Crippen molar-refractivity contribution in [2.45, 2.75) is 50.1 Å². The molecule has 30 heavy (non-hydrogen) atoms. The Labute approximate surface area is 175 Å². The van der Waals surface area contributed by atoms with E-state index in [9.17, 15) is 19.6 Å². The Balaban J connectivity index is 1.53. The maximum atomic E-state index is 13.1. The lowest BCUT2D eigenvalue weighted by atomic mass is 9.83. The molecule has 154 valence electrons. The number of nitrogens with one attached hydrogen (secondary N) is 2. The van der Waals surface area contributed by atoms with E-state index in [4.69, 9.17) is 0 Å². The molecular formula is C23H24N4O3. The smallest absolute Gasteiger partial charge is 0.325 e. The number of hydrogen-bond acceptors (Lipinski definition) is 4. The number of nitrogens with zero attached hydrogens (tertiary/aromatic N) is 2. The fourth-order valence-electron chi connectivity index (χ4n) is 4.41. The van der Waals surface area contributed by atoms with E-state index in [0.717, 1.165) is 34.9 Å². The van der Waals surface area contributed by atoms with Crippen LogP contribution in [0.1, 0.15) is 44.6 Å². The van der Waals surface area contributed by atoms with Crippen LogP contribution >= 0.6 is 0 Å². The highest BCUT2D eigenvalue weighted by molar-refractivity contribution is 6.09. The minimum atomic E-state index is -1.25. The Morgan fingerprint density at radius 2 is 1.83 bits per heavy atom. The van der Waals surface area contributed by atoms with Gasteiger partial charge >= 0.3 is 6.03 Å². The van der Waals surface area contributed by atoms with E-state index in [1.807, 2.05) is 42.5 Å². The van der Waals surface area contributed by atoms with E-state index in [0.29, 0.717) is 18.4 Å². The Hall–Kier alpha value is -3.40. The van der Waals surface area contributed by atoms with Crippen LogP contribution in [-0.4, -0.2) is 34.8 Å². The van der Waals surface area contributed by atoms with Crippen LogP contribution in [0.15, 0.2) is 42.5 Å². The van der Waals surface area contributed by atoms with Crippen molar-refractivity contribution >= 4 is 28.6 Å². The average Bonchev–Trinajstić information content (AvgIpc) is 2.98. The SMILES string of the molecule is C[C@]1(c2ccc3ccccc3c2)NC(=O)N(CC(=O)NC2(C#N)CCCCC2)C1=O. The van der Waals surface area contributed by atoms with E-state index in [-0.39, 0.29) is 0 Å². The second-order valence-electron chi connectivity index (χ2n) is 8.31. The number of amides is 4. The molecule has 1 aliphatic carbocycles. The number of nitriles is 1. The first-order chi connectivity index (χ1) is 14.4. The van der Waals surface area contributed by atoms with Crippen molar-refractivity contribution in [1.29, 1.82) is 5.26 Å². The topological polar surface area (TPSA) is 102 Å². The summed E-state index contributed by atoms with van der Waals surface area (Å²) >= 11 is 0. The summed E-state index contributed by atoms with van der Waals surface area (Å²) in [5.74, 6) is -0.975. The van der Waals surface area contributed by atoms with Gasteiger partial charge in [0.05, 0.1) is 6.07 Å². The van der Waals surface area contributed by atoms with Gasteiger partial charge in [-0.1, -0.05) is 55.7 Å². The molecule has 0 unspecified atom stereocenters. The summed E-state index contributed by atoms with van der Waals surface area (Å²) in [6.45, 7) is 1.24. The van der Waals surface area contributed by atoms with Crippen LogP contribution in [0.2, 0.25) is 0 Å². The molecule has 0 radical (unpaired) electrons. The highest BCUT2D eigenvalue weighted by Gasteiger charge is 2.50. The molecule has 2 N–H and O–H groups in total. The van der Waals surface area contributed by atoms with Crippen LogP contribution in [0.5, 0.6) is 0 Å². The summed E-state index contributed by atoms with van der Waals surface area (Å²) in [7, 11) is 0. The third-order valence-corrected chi connectivity index (χ3v) is 6.20. The molecule has 0 bridgehead atoms. The van der Waals surface area contributed by atoms with Crippen LogP contribution in [0.3, 0.4) is 0 Å². The lowest BCUT2D eigenvalue weighted by Gasteiger charge is -2.32. The normalized spacial score (nSPS) is 23.1. The van der Waals surface area contributed by atoms with Gasteiger partial charge in [0.1, 0.15) is 17.6 Å². The highest BCUT2D eigenvalue weighted by Crippen LogP contribution is 2.31. The number of benzene rings is 2. The van der Waals surface area contributed by atoms with Crippen molar-refractivity contribution < 1.29 is 14.4 Å². The van der Waals surface area contributed by atoms with Gasteiger partial charge < -0.3 is 10.6 Å². The summed E-state index contributed by atoms with van der Waals surface area (Å²) < 4.78 is 0. The van der Waals surface area contributed by atoms with E-state index in [1.165, 1.54) is 0 Å². The van der Waals surface area contributed by atoms with Crippen molar-refractivity contribution in [3.63, 3.8) is 0 Å². The lowest BCUT2D eigenvalue weighted by Crippen LogP contribution is -2.52. The van der Waals surface area contributed by atoms with Crippen molar-refractivity contribution in [1.82, 2.24) is 15.5 Å². The van der Waals surface area contributed by atoms with Gasteiger partial charge in [-0.15, -0.1) is 0 Å². The summed E-state index contributed by atoms with van der Waals surface area (Å²) in [5, 5.41) is 17.0. The average molecular weight is 404 g/mol. The molecule has 1 saturated heterocycles. The third kappa shape index (κ3) is 3.39. The summed E-state index contributed by atoms with van der Waals surface area (Å²) in [4.78, 5) is 39.2. The zero-order chi connectivity index (χ0) is 21.4. The van der Waals surface area contributed by atoms with Gasteiger partial charge in [0.25, 0.3) is 5.91 Å². The molecule has 1 aliphatic heterocycles. The molecule has 1 atom stereocenters. The fraction of sp³-hybridized carbons (Fsp3) is 0.391. The van der Waals surface area contributed by atoms with E-state index in [1.54, 1.807) is 6.92 Å². The molecule has 0 aromatic heterocycles. The largest absolute Gasteiger partial charge is 0.336 e. The number of rotatable bonds is 4. The summed E-state index contributed by atoms with van der Waals surface area (Å²) in [5.41, 5.74) is -1.50. The van der Waals surface area contributed by atoms with Gasteiger partial charge in [0, 0.05) is 0 Å². The third-order valence-electron chi connectivity index (χ3n) is 6.20. The molecule has 7 heteroatoms. The number of hydrogen-bond donors (Lipinski definition) is 2. The molecule has 4 rings (SSSR count). The molecule has 1 saturated carbocycles. The maximum absolute atomic E-state index is 13.1. The molecule has 2 fully saturated rings. The monoisotopic (exact) mass is 404 g/mol. The number of urea groups is 1. The number of fused-ring (bicyclic) bond motifs is 1. The number of imide groups is 1. The van der Waals surface area contributed by atoms with Crippen molar-refractivity contribution in [3.05, 3.63) is 48.0 Å². The molecule has 7 nitrogen and oxygen atoms in total. The van der Waals surface area contributed by atoms with Crippen molar-refractivity contribution in [2.75, 3.05) is 6.54 Å². The number of carbonyl (C=O) groups is 3. The molecule has 1 heterocycles. The summed E-state index contributed by atoms with van der Waals surface area (Å²) in [6.07, 6.45) is 3.96. The first kappa shape index (κ1) is 19.9. The molecule has 0 spiro atoms. The van der Waals surface area contributed by atoms with Crippen molar-refractivity contribution in [3.8, 4) is 6.07 Å². The Bertz CT molecular complexity index is 1070. The molecule has 4 amide bonds. The Morgan fingerprint density at radius 1 is 1.13 bits per heavy atom. The van der Waals surface area contributed by atoms with Gasteiger partial charge in [0.15, 0.2) is 0 Å². The summed E-state index contributed by atoms with van der Waals surface area (Å²) in [6, 6.07) is 15.0. The number of carbonyl (C=O) groups excluding carboxylic acids is 3. The standard InChI is InChI=1S/C23H24N4O3/c1-22(18-10-9-16-7-3-4-8-17(16)13-18)20(29)27(21(30)26-22)14-19(28)25-23(15-24)11-5-2-6-12-23/h3-4,7-10,13H,2,5-6,11-12,14H2,1H3,(H,25,28)(H,26,30)/t22-/m1/s1. The lowest BCUT2D eigenvalue weighted by molar-refractivity contribution is -0.135. The Morgan fingerprint density at radius 3 is 2.53 bits per heavy atom. The van der Waals surface area contributed by atoms with E-state index in [2.05, 4.69) is 16.7 Å². The second-order valence-corrected chi connectivity index (χ2v) is 8.31. The van der Waals surface area contributed by atoms with Crippen LogP contribution in [0.4, 0.5) is 4.79 Å². The van der Waals surface area contributed by atoms with Crippen LogP contribution in [-0.2, 0) is 15.1 Å². The van der Waals surface area contributed by atoms with Gasteiger partial charge in [0.2, 0.25) is 5.91 Å². The van der Waals surface area contributed by atoms with Crippen LogP contribution in [0, 0.1) is 11.3 Å². The zero-order valence-electron chi connectivity index (χ0n) is 16.9. The quantitative estimate of drug-likeness (QED) is 0.765. The van der Waals surface area contributed by atoms with E-state index >= 15 is 0 Å². The predicted octanol–water partition coefficient (Wildman–Crippen LogP) is 2.95. The zero-order valence-corrected chi connectivity index (χ0v) is 16.9. The molecule has 2 aliphatic rings. The fourth-order valence-corrected chi connectivity index (χ4v) is 4.41. The Kier molecular flexibility index (Phi) is 4.94. The van der Waals surface area contributed by atoms with Gasteiger partial charge in [-0.05, 0) is 42.2 Å². The molecule has 2 aromatic rings. The van der Waals surface area contributed by atoms with E-state index < -0.39 is 35.5 Å². The van der Waals surface area contributed by atoms with Gasteiger partial charge in [-0.2, -0.15) is 5.26 Å². The van der Waals surface area contributed by atoms with Gasteiger partial charge in [-0.3, -0.25) is 14.5 Å². The van der Waals surface area contributed by atoms with Crippen molar-refractivity contribution in [2.24, 2.45) is 0 Å². The van der Waals surface area contributed by atoms with Crippen LogP contribution < -0.4 is 10.6 Å². The highest BCUT2D eigenvalue weighted by atomic mass is 16.2. The minimum absolute atomic E-state index is 0.405. The first-order valence-electron chi connectivity index (χ1n) is 10.2. The second kappa shape index (κ2) is 7.45. The molecular weight excluding hydrogens is 380 g/mol. The van der Waals surface area contributed by atoms with Gasteiger partial charge in [-0.25, -0.2) is 4.79 Å². The van der Waals surface area contributed by atoms with Crippen LogP contribution in [0.25, 0.3) is 10.8 Å². The minimum Gasteiger partial charge on any atom is -0.336 e. The predicted molar refractivity (Wildman–Crippen MR) is 111 cm³/mol.